The van der Waals surface area contributed by atoms with Gasteiger partial charge in [0, 0.05) is 24.8 Å². The number of nitrogens with two attached hydrogens (primary N) is 1. The number of amides is 1. The second-order valence-electron chi connectivity index (χ2n) is 6.92. The van der Waals surface area contributed by atoms with Crippen molar-refractivity contribution in [2.75, 3.05) is 12.3 Å². The zero-order chi connectivity index (χ0) is 16.2. The number of hydrogen-bond donors (Lipinski definition) is 3. The number of rotatable bonds is 6. The van der Waals surface area contributed by atoms with Gasteiger partial charge in [0.1, 0.15) is 5.60 Å². The summed E-state index contributed by atoms with van der Waals surface area (Å²) in [6.07, 6.45) is 1.98. The Labute approximate surface area is 132 Å². The van der Waals surface area contributed by atoms with Crippen molar-refractivity contribution < 1.29 is 9.53 Å². The zero-order valence-electron chi connectivity index (χ0n) is 13.7. The Hall–Kier alpha value is -1.75. The number of ether oxygens (including phenoxy) is 1. The van der Waals surface area contributed by atoms with Crippen LogP contribution in [0, 0.1) is 5.92 Å². The number of alkyl carbamates (subject to hydrolysis) is 1. The molecule has 4 N–H and O–H groups in total. The molecule has 0 saturated heterocycles. The molecule has 2 rings (SSSR count). The summed E-state index contributed by atoms with van der Waals surface area (Å²) in [4.78, 5) is 11.9. The van der Waals surface area contributed by atoms with Gasteiger partial charge < -0.3 is 21.1 Å². The molecule has 122 valence electrons. The van der Waals surface area contributed by atoms with Crippen molar-refractivity contribution in [3.8, 4) is 0 Å². The standard InChI is InChI=1S/C17H27N3O2/c1-17(2,3)22-16(21)20-15(12-8-9-12)11-19-10-13-6-4-5-7-14(13)18/h4-7,12,15,19H,8-11,18H2,1-3H3,(H,20,21). The number of carbonyl (C=O) groups excluding carboxylic acids is 1. The Kier molecular flexibility index (Phi) is 5.29. The second kappa shape index (κ2) is 7.01. The molecule has 0 heterocycles. The van der Waals surface area contributed by atoms with Crippen LogP contribution in [0.15, 0.2) is 24.3 Å². The van der Waals surface area contributed by atoms with Crippen LogP contribution in [-0.4, -0.2) is 24.3 Å². The SMILES string of the molecule is CC(C)(C)OC(=O)NC(CNCc1ccccc1N)C1CC1. The highest BCUT2D eigenvalue weighted by Crippen LogP contribution is 2.32. The number of para-hydroxylation sites is 1. The van der Waals surface area contributed by atoms with Gasteiger partial charge in [-0.15, -0.1) is 0 Å². The lowest BCUT2D eigenvalue weighted by Crippen LogP contribution is -2.45. The molecule has 1 saturated carbocycles. The molecule has 1 unspecified atom stereocenters. The number of benzene rings is 1. The van der Waals surface area contributed by atoms with E-state index in [1.807, 2.05) is 45.0 Å². The maximum atomic E-state index is 11.9. The van der Waals surface area contributed by atoms with E-state index < -0.39 is 5.60 Å². The van der Waals surface area contributed by atoms with Gasteiger partial charge in [-0.1, -0.05) is 18.2 Å². The van der Waals surface area contributed by atoms with Gasteiger partial charge in [0.15, 0.2) is 0 Å². The average molecular weight is 305 g/mol. The Morgan fingerprint density at radius 3 is 2.64 bits per heavy atom. The molecule has 1 amide bonds. The van der Waals surface area contributed by atoms with Crippen molar-refractivity contribution >= 4 is 11.8 Å². The maximum Gasteiger partial charge on any atom is 0.407 e. The molecular weight excluding hydrogens is 278 g/mol. The predicted octanol–water partition coefficient (Wildman–Crippen LogP) is 2.66. The molecule has 1 aromatic rings. The highest BCUT2D eigenvalue weighted by molar-refractivity contribution is 5.68. The van der Waals surface area contributed by atoms with Crippen molar-refractivity contribution in [2.45, 2.75) is 51.8 Å². The van der Waals surface area contributed by atoms with Crippen LogP contribution in [0.25, 0.3) is 0 Å². The molecule has 5 nitrogen and oxygen atoms in total. The van der Waals surface area contributed by atoms with E-state index in [2.05, 4.69) is 10.6 Å². The van der Waals surface area contributed by atoms with E-state index in [-0.39, 0.29) is 12.1 Å². The number of carbonyl (C=O) groups is 1. The lowest BCUT2D eigenvalue weighted by molar-refractivity contribution is 0.0497. The van der Waals surface area contributed by atoms with Crippen molar-refractivity contribution in [3.05, 3.63) is 29.8 Å². The van der Waals surface area contributed by atoms with E-state index in [0.29, 0.717) is 12.5 Å². The van der Waals surface area contributed by atoms with Crippen LogP contribution in [0.5, 0.6) is 0 Å². The third-order valence-electron chi connectivity index (χ3n) is 3.63. The molecule has 0 bridgehead atoms. The Morgan fingerprint density at radius 2 is 2.05 bits per heavy atom. The van der Waals surface area contributed by atoms with Crippen molar-refractivity contribution in [3.63, 3.8) is 0 Å². The van der Waals surface area contributed by atoms with Crippen LogP contribution in [-0.2, 0) is 11.3 Å². The third kappa shape index (κ3) is 5.56. The summed E-state index contributed by atoms with van der Waals surface area (Å²) in [5.74, 6) is 0.549. The van der Waals surface area contributed by atoms with Crippen LogP contribution in [0.4, 0.5) is 10.5 Å². The first-order chi connectivity index (χ1) is 10.3. The molecule has 5 heteroatoms. The fourth-order valence-electron chi connectivity index (χ4n) is 2.35. The van der Waals surface area contributed by atoms with Gasteiger partial charge in [-0.05, 0) is 51.2 Å². The van der Waals surface area contributed by atoms with Gasteiger partial charge in [0.2, 0.25) is 0 Å². The van der Waals surface area contributed by atoms with Gasteiger partial charge in [-0.3, -0.25) is 0 Å². The average Bonchev–Trinajstić information content (AvgIpc) is 3.22. The zero-order valence-corrected chi connectivity index (χ0v) is 13.7. The molecule has 1 fully saturated rings. The minimum Gasteiger partial charge on any atom is -0.444 e. The van der Waals surface area contributed by atoms with Crippen molar-refractivity contribution in [1.82, 2.24) is 10.6 Å². The summed E-state index contributed by atoms with van der Waals surface area (Å²) in [6, 6.07) is 7.92. The first-order valence-corrected chi connectivity index (χ1v) is 7.89. The van der Waals surface area contributed by atoms with E-state index in [4.69, 9.17) is 10.5 Å². The molecule has 0 aliphatic heterocycles. The number of anilines is 1. The molecular formula is C17H27N3O2. The molecule has 1 aliphatic carbocycles. The summed E-state index contributed by atoms with van der Waals surface area (Å²) in [6.45, 7) is 7.03. The fourth-order valence-corrected chi connectivity index (χ4v) is 2.35. The molecule has 1 aliphatic rings. The highest BCUT2D eigenvalue weighted by Gasteiger charge is 2.33. The summed E-state index contributed by atoms with van der Waals surface area (Å²) in [7, 11) is 0. The fraction of sp³-hybridized carbons (Fsp3) is 0.588. The van der Waals surface area contributed by atoms with E-state index in [1.54, 1.807) is 0 Å². The van der Waals surface area contributed by atoms with E-state index >= 15 is 0 Å². The van der Waals surface area contributed by atoms with E-state index in [0.717, 1.165) is 30.6 Å². The first-order valence-electron chi connectivity index (χ1n) is 7.89. The monoisotopic (exact) mass is 305 g/mol. The van der Waals surface area contributed by atoms with Gasteiger partial charge in [-0.25, -0.2) is 4.79 Å². The highest BCUT2D eigenvalue weighted by atomic mass is 16.6. The third-order valence-corrected chi connectivity index (χ3v) is 3.63. The normalized spacial score (nSPS) is 16.1. The summed E-state index contributed by atoms with van der Waals surface area (Å²) in [5.41, 5.74) is 7.33. The minimum atomic E-state index is -0.468. The summed E-state index contributed by atoms with van der Waals surface area (Å²) in [5, 5.41) is 6.36. The minimum absolute atomic E-state index is 0.111. The van der Waals surface area contributed by atoms with E-state index in [9.17, 15) is 4.79 Å². The molecule has 22 heavy (non-hydrogen) atoms. The molecule has 0 aromatic heterocycles. The smallest absolute Gasteiger partial charge is 0.407 e. The Morgan fingerprint density at radius 1 is 1.36 bits per heavy atom. The predicted molar refractivity (Wildman–Crippen MR) is 88.4 cm³/mol. The number of nitrogens with one attached hydrogen (secondary N) is 2. The molecule has 1 aromatic carbocycles. The van der Waals surface area contributed by atoms with Crippen LogP contribution in [0.1, 0.15) is 39.2 Å². The van der Waals surface area contributed by atoms with Crippen molar-refractivity contribution in [2.24, 2.45) is 5.92 Å². The van der Waals surface area contributed by atoms with E-state index in [1.165, 1.54) is 0 Å². The van der Waals surface area contributed by atoms with Crippen LogP contribution in [0.2, 0.25) is 0 Å². The maximum absolute atomic E-state index is 11.9. The molecule has 0 spiro atoms. The van der Waals surface area contributed by atoms with Crippen molar-refractivity contribution in [1.29, 1.82) is 0 Å². The lowest BCUT2D eigenvalue weighted by atomic mass is 10.1. The van der Waals surface area contributed by atoms with Crippen LogP contribution < -0.4 is 16.4 Å². The first kappa shape index (κ1) is 16.6. The topological polar surface area (TPSA) is 76.4 Å². The van der Waals surface area contributed by atoms with Gasteiger partial charge >= 0.3 is 6.09 Å². The summed E-state index contributed by atoms with van der Waals surface area (Å²) < 4.78 is 5.33. The van der Waals surface area contributed by atoms with Crippen LogP contribution >= 0.6 is 0 Å². The molecule has 1 atom stereocenters. The largest absolute Gasteiger partial charge is 0.444 e. The lowest BCUT2D eigenvalue weighted by Gasteiger charge is -2.24. The number of hydrogen-bond acceptors (Lipinski definition) is 4. The molecule has 0 radical (unpaired) electrons. The summed E-state index contributed by atoms with van der Waals surface area (Å²) >= 11 is 0. The van der Waals surface area contributed by atoms with Gasteiger partial charge in [0.05, 0.1) is 0 Å². The van der Waals surface area contributed by atoms with Gasteiger partial charge in [0.25, 0.3) is 0 Å². The number of nitrogen functional groups attached to an aromatic ring is 1. The van der Waals surface area contributed by atoms with Crippen LogP contribution in [0.3, 0.4) is 0 Å². The van der Waals surface area contributed by atoms with Gasteiger partial charge in [-0.2, -0.15) is 0 Å². The Balaban J connectivity index is 1.80. The second-order valence-corrected chi connectivity index (χ2v) is 6.92. The Bertz CT molecular complexity index is 507. The quantitative estimate of drug-likeness (QED) is 0.706.